The lowest BCUT2D eigenvalue weighted by molar-refractivity contribution is 0.0944. The number of nitrogens with one attached hydrogen (secondary N) is 2. The number of hydrogen-bond donors (Lipinski definition) is 2. The van der Waals surface area contributed by atoms with Gasteiger partial charge >= 0.3 is 0 Å². The van der Waals surface area contributed by atoms with Crippen molar-refractivity contribution in [1.82, 2.24) is 15.2 Å². The number of ether oxygens (including phenoxy) is 2. The van der Waals surface area contributed by atoms with Gasteiger partial charge in [0.2, 0.25) is 0 Å². The third kappa shape index (κ3) is 5.82. The Bertz CT molecular complexity index is 1280. The van der Waals surface area contributed by atoms with Crippen LogP contribution in [-0.2, 0) is 10.0 Å². The summed E-state index contributed by atoms with van der Waals surface area (Å²) in [6.07, 6.45) is 5.72. The number of methoxy groups -OCH3 is 2. The maximum atomic E-state index is 12.9. The number of allylic oxidation sites excluding steroid dienone is 1. The van der Waals surface area contributed by atoms with Crippen molar-refractivity contribution in [2.45, 2.75) is 4.90 Å². The Balaban J connectivity index is 1.91. The number of pyridine rings is 1. The smallest absolute Gasteiger partial charge is 0.266 e. The highest BCUT2D eigenvalue weighted by Gasteiger charge is 2.25. The van der Waals surface area contributed by atoms with E-state index in [4.69, 9.17) is 9.47 Å². The number of sulfonamides is 1. The molecule has 33 heavy (non-hydrogen) atoms. The van der Waals surface area contributed by atoms with Crippen molar-refractivity contribution < 1.29 is 27.5 Å². The highest BCUT2D eigenvalue weighted by molar-refractivity contribution is 7.89. The lowest BCUT2D eigenvalue weighted by atomic mass is 10.1. The fraction of sp³-hybridized carbons (Fsp3) is 0.0870. The van der Waals surface area contributed by atoms with Crippen LogP contribution in [0.25, 0.3) is 6.08 Å². The number of amides is 1. The molecule has 10 heteroatoms. The van der Waals surface area contributed by atoms with Gasteiger partial charge in [0, 0.05) is 24.0 Å². The summed E-state index contributed by atoms with van der Waals surface area (Å²) in [7, 11) is -1.68. The molecule has 0 fully saturated rings. The highest BCUT2D eigenvalue weighted by atomic mass is 32.2. The number of ketones is 1. The molecule has 0 radical (unpaired) electrons. The lowest BCUT2D eigenvalue weighted by Crippen LogP contribution is -2.41. The first kappa shape index (κ1) is 23.6. The molecule has 0 unspecified atom stereocenters. The van der Waals surface area contributed by atoms with Crippen molar-refractivity contribution in [2.75, 3.05) is 14.2 Å². The Kier molecular flexibility index (Phi) is 7.54. The number of benzene rings is 2. The van der Waals surface area contributed by atoms with Crippen molar-refractivity contribution in [3.63, 3.8) is 0 Å². The first-order valence-electron chi connectivity index (χ1n) is 9.61. The zero-order chi connectivity index (χ0) is 23.8. The van der Waals surface area contributed by atoms with Crippen molar-refractivity contribution in [2.24, 2.45) is 0 Å². The van der Waals surface area contributed by atoms with E-state index < -0.39 is 21.7 Å². The summed E-state index contributed by atoms with van der Waals surface area (Å²) < 4.78 is 36.3. The maximum absolute atomic E-state index is 12.9. The van der Waals surface area contributed by atoms with E-state index in [1.165, 1.54) is 50.9 Å². The fourth-order valence-electron chi connectivity index (χ4n) is 2.84. The van der Waals surface area contributed by atoms with Gasteiger partial charge in [0.15, 0.2) is 5.78 Å². The Morgan fingerprint density at radius 1 is 0.939 bits per heavy atom. The molecule has 0 atom stereocenters. The van der Waals surface area contributed by atoms with Crippen LogP contribution in [0.5, 0.6) is 11.5 Å². The van der Waals surface area contributed by atoms with Crippen molar-refractivity contribution >= 4 is 27.8 Å². The summed E-state index contributed by atoms with van der Waals surface area (Å²) in [6.45, 7) is 0. The van der Waals surface area contributed by atoms with E-state index in [1.807, 2.05) is 35.2 Å². The molecule has 2 aromatic carbocycles. The van der Waals surface area contributed by atoms with E-state index in [1.54, 1.807) is 6.08 Å². The summed E-state index contributed by atoms with van der Waals surface area (Å²) in [5.41, 5.74) is 3.13. The molecule has 0 saturated carbocycles. The highest BCUT2D eigenvalue weighted by Crippen LogP contribution is 2.32. The van der Waals surface area contributed by atoms with Crippen molar-refractivity contribution in [1.29, 1.82) is 0 Å². The van der Waals surface area contributed by atoms with Gasteiger partial charge in [-0.15, -0.1) is 4.83 Å². The van der Waals surface area contributed by atoms with Gasteiger partial charge in [-0.3, -0.25) is 20.0 Å². The number of hydrazine groups is 1. The normalized spacial score (nSPS) is 11.2. The summed E-state index contributed by atoms with van der Waals surface area (Å²) in [5, 5.41) is 0. The molecule has 0 bridgehead atoms. The molecule has 0 aliphatic rings. The Morgan fingerprint density at radius 3 is 2.24 bits per heavy atom. The molecule has 2 N–H and O–H groups in total. The molecule has 1 heterocycles. The van der Waals surface area contributed by atoms with E-state index in [0.717, 1.165) is 11.6 Å². The average molecular weight is 468 g/mol. The lowest BCUT2D eigenvalue weighted by Gasteiger charge is -2.15. The van der Waals surface area contributed by atoms with Crippen LogP contribution in [0.4, 0.5) is 0 Å². The molecule has 0 saturated heterocycles. The molecule has 0 aliphatic heterocycles. The van der Waals surface area contributed by atoms with Gasteiger partial charge in [-0.05, 0) is 29.8 Å². The SMILES string of the molecule is COc1cc(OC)c(S(=O)(=O)NNC(=O)c2ccncc2)cc1C(=O)/C=C/c1ccccc1. The monoisotopic (exact) mass is 467 g/mol. The largest absolute Gasteiger partial charge is 0.496 e. The van der Waals surface area contributed by atoms with Crippen LogP contribution in [0.15, 0.2) is 78.0 Å². The van der Waals surface area contributed by atoms with Gasteiger partial charge in [0.05, 0.1) is 19.8 Å². The standard InChI is InChI=1S/C23H21N3O6S/c1-31-20-15-21(32-2)22(14-18(20)19(27)9-8-16-6-4-3-5-7-16)33(29,30)26-25-23(28)17-10-12-24-13-11-17/h3-15,26H,1-2H3,(H,25,28)/b9-8+. The molecule has 1 aromatic heterocycles. The predicted molar refractivity (Wildman–Crippen MR) is 121 cm³/mol. The fourth-order valence-corrected chi connectivity index (χ4v) is 3.86. The van der Waals surface area contributed by atoms with Gasteiger partial charge in [0.25, 0.3) is 15.9 Å². The summed E-state index contributed by atoms with van der Waals surface area (Å²) in [4.78, 5) is 30.5. The second-order valence-electron chi connectivity index (χ2n) is 6.61. The third-order valence-corrected chi connectivity index (χ3v) is 5.78. The van der Waals surface area contributed by atoms with Crippen LogP contribution in [0, 0.1) is 0 Å². The molecule has 0 spiro atoms. The average Bonchev–Trinajstić information content (AvgIpc) is 2.86. The van der Waals surface area contributed by atoms with Crippen LogP contribution in [0.2, 0.25) is 0 Å². The molecule has 3 rings (SSSR count). The summed E-state index contributed by atoms with van der Waals surface area (Å²) in [6, 6.07) is 14.4. The molecular weight excluding hydrogens is 446 g/mol. The van der Waals surface area contributed by atoms with Gasteiger partial charge in [0.1, 0.15) is 16.4 Å². The van der Waals surface area contributed by atoms with Crippen molar-refractivity contribution in [3.05, 3.63) is 89.8 Å². The summed E-state index contributed by atoms with van der Waals surface area (Å²) in [5.74, 6) is -1.10. The molecular formula is C23H21N3O6S. The number of carbonyl (C=O) groups is 2. The van der Waals surface area contributed by atoms with Gasteiger partial charge in [-0.25, -0.2) is 8.42 Å². The van der Waals surface area contributed by atoms with E-state index in [2.05, 4.69) is 10.4 Å². The Labute approximate surface area is 191 Å². The Morgan fingerprint density at radius 2 is 1.61 bits per heavy atom. The minimum Gasteiger partial charge on any atom is -0.496 e. The number of aromatic nitrogens is 1. The maximum Gasteiger partial charge on any atom is 0.266 e. The van der Waals surface area contributed by atoms with Gasteiger partial charge in [-0.2, -0.15) is 0 Å². The number of nitrogens with zero attached hydrogens (tertiary/aromatic N) is 1. The first-order valence-corrected chi connectivity index (χ1v) is 11.1. The van der Waals surface area contributed by atoms with E-state index in [0.29, 0.717) is 0 Å². The van der Waals surface area contributed by atoms with Crippen LogP contribution < -0.4 is 19.7 Å². The molecule has 1 amide bonds. The van der Waals surface area contributed by atoms with Gasteiger partial charge in [-0.1, -0.05) is 36.4 Å². The van der Waals surface area contributed by atoms with E-state index in [-0.39, 0.29) is 27.5 Å². The molecule has 9 nitrogen and oxygen atoms in total. The minimum absolute atomic E-state index is 0.00585. The molecule has 3 aromatic rings. The zero-order valence-electron chi connectivity index (χ0n) is 17.8. The molecule has 170 valence electrons. The van der Waals surface area contributed by atoms with E-state index >= 15 is 0 Å². The molecule has 0 aliphatic carbocycles. The topological polar surface area (TPSA) is 124 Å². The quantitative estimate of drug-likeness (QED) is 0.282. The summed E-state index contributed by atoms with van der Waals surface area (Å²) >= 11 is 0. The second-order valence-corrected chi connectivity index (χ2v) is 8.26. The van der Waals surface area contributed by atoms with Crippen molar-refractivity contribution in [3.8, 4) is 11.5 Å². The predicted octanol–water partition coefficient (Wildman–Crippen LogP) is 2.62. The van der Waals surface area contributed by atoms with E-state index in [9.17, 15) is 18.0 Å². The van der Waals surface area contributed by atoms with Crippen LogP contribution in [0.3, 0.4) is 0 Å². The van der Waals surface area contributed by atoms with Gasteiger partial charge < -0.3 is 9.47 Å². The van der Waals surface area contributed by atoms with Crippen LogP contribution in [-0.4, -0.2) is 39.3 Å². The van der Waals surface area contributed by atoms with Crippen LogP contribution in [0.1, 0.15) is 26.3 Å². The Hall–Kier alpha value is -4.02. The minimum atomic E-state index is -4.31. The number of rotatable bonds is 9. The first-order chi connectivity index (χ1) is 15.9. The second kappa shape index (κ2) is 10.5. The zero-order valence-corrected chi connectivity index (χ0v) is 18.6. The van der Waals surface area contributed by atoms with Crippen LogP contribution >= 0.6 is 0 Å². The number of carbonyl (C=O) groups excluding carboxylic acids is 2. The third-order valence-electron chi connectivity index (χ3n) is 4.51. The number of hydrogen-bond acceptors (Lipinski definition) is 7.